The van der Waals surface area contributed by atoms with E-state index in [0.29, 0.717) is 19.6 Å². The molecule has 120 valence electrons. The van der Waals surface area contributed by atoms with E-state index in [1.807, 2.05) is 32.8 Å². The zero-order valence-corrected chi connectivity index (χ0v) is 15.2. The first-order valence-electron chi connectivity index (χ1n) is 6.74. The van der Waals surface area contributed by atoms with E-state index in [1.54, 1.807) is 0 Å². The van der Waals surface area contributed by atoms with Gasteiger partial charge in [-0.25, -0.2) is 12.8 Å². The summed E-state index contributed by atoms with van der Waals surface area (Å²) < 4.78 is 40.6. The maximum atomic E-state index is 13.6. The molecule has 0 saturated heterocycles. The molecule has 4 nitrogen and oxygen atoms in total. The van der Waals surface area contributed by atoms with Gasteiger partial charge in [0.25, 0.3) is 0 Å². The summed E-state index contributed by atoms with van der Waals surface area (Å²) in [6.45, 7) is 5.32. The van der Waals surface area contributed by atoms with Crippen molar-refractivity contribution < 1.29 is 12.8 Å². The van der Waals surface area contributed by atoms with Crippen LogP contribution in [0.5, 0.6) is 0 Å². The SMILES string of the molecule is CC(C)CN(CCN(C)C)S(=O)(=O)c1ccc(Br)c(F)c1. The fraction of sp³-hybridized carbons (Fsp3) is 0.571. The van der Waals surface area contributed by atoms with Crippen molar-refractivity contribution in [2.45, 2.75) is 18.7 Å². The number of hydrogen-bond acceptors (Lipinski definition) is 3. The summed E-state index contributed by atoms with van der Waals surface area (Å²) in [5.74, 6) is -0.379. The van der Waals surface area contributed by atoms with Crippen LogP contribution in [0, 0.1) is 11.7 Å². The highest BCUT2D eigenvalue weighted by molar-refractivity contribution is 9.10. The van der Waals surface area contributed by atoms with Crippen LogP contribution in [0.4, 0.5) is 4.39 Å². The molecule has 0 N–H and O–H groups in total. The normalized spacial score (nSPS) is 12.6. The second-order valence-corrected chi connectivity index (χ2v) is 8.43. The Bertz CT molecular complexity index is 576. The fourth-order valence-electron chi connectivity index (χ4n) is 1.81. The third kappa shape index (κ3) is 5.32. The van der Waals surface area contributed by atoms with Gasteiger partial charge < -0.3 is 4.90 Å². The lowest BCUT2D eigenvalue weighted by molar-refractivity contribution is 0.312. The van der Waals surface area contributed by atoms with Gasteiger partial charge in [-0.05, 0) is 54.1 Å². The number of halogens is 2. The highest BCUT2D eigenvalue weighted by atomic mass is 79.9. The van der Waals surface area contributed by atoms with Crippen LogP contribution in [0.15, 0.2) is 27.6 Å². The minimum Gasteiger partial charge on any atom is -0.308 e. The van der Waals surface area contributed by atoms with E-state index < -0.39 is 15.8 Å². The van der Waals surface area contributed by atoms with Gasteiger partial charge in [-0.2, -0.15) is 4.31 Å². The molecule has 0 aromatic heterocycles. The number of likely N-dealkylation sites (N-methyl/N-ethyl adjacent to an activating group) is 1. The van der Waals surface area contributed by atoms with Crippen LogP contribution in [0.3, 0.4) is 0 Å². The van der Waals surface area contributed by atoms with Crippen molar-refractivity contribution in [3.8, 4) is 0 Å². The lowest BCUT2D eigenvalue weighted by atomic mass is 10.2. The van der Waals surface area contributed by atoms with Crippen LogP contribution in [-0.4, -0.2) is 51.4 Å². The van der Waals surface area contributed by atoms with E-state index >= 15 is 0 Å². The predicted octanol–water partition coefficient (Wildman–Crippen LogP) is 2.80. The highest BCUT2D eigenvalue weighted by Crippen LogP contribution is 2.22. The van der Waals surface area contributed by atoms with E-state index in [1.165, 1.54) is 16.4 Å². The quantitative estimate of drug-likeness (QED) is 0.729. The molecule has 0 unspecified atom stereocenters. The minimum atomic E-state index is -3.69. The Morgan fingerprint density at radius 3 is 2.33 bits per heavy atom. The van der Waals surface area contributed by atoms with Crippen molar-refractivity contribution in [1.29, 1.82) is 0 Å². The lowest BCUT2D eigenvalue weighted by Crippen LogP contribution is -2.39. The van der Waals surface area contributed by atoms with E-state index in [2.05, 4.69) is 15.9 Å². The van der Waals surface area contributed by atoms with Crippen molar-refractivity contribution in [2.75, 3.05) is 33.7 Å². The molecule has 0 heterocycles. The summed E-state index contributed by atoms with van der Waals surface area (Å²) in [6, 6.07) is 3.90. The third-order valence-electron chi connectivity index (χ3n) is 2.89. The van der Waals surface area contributed by atoms with Gasteiger partial charge in [0.05, 0.1) is 9.37 Å². The third-order valence-corrected chi connectivity index (χ3v) is 5.40. The molecule has 0 bridgehead atoms. The van der Waals surface area contributed by atoms with Crippen molar-refractivity contribution in [2.24, 2.45) is 5.92 Å². The van der Waals surface area contributed by atoms with Crippen molar-refractivity contribution >= 4 is 26.0 Å². The Hall–Kier alpha value is -0.500. The zero-order valence-electron chi connectivity index (χ0n) is 12.8. The highest BCUT2D eigenvalue weighted by Gasteiger charge is 2.25. The molecule has 0 aliphatic rings. The smallest absolute Gasteiger partial charge is 0.243 e. The van der Waals surface area contributed by atoms with Crippen LogP contribution >= 0.6 is 15.9 Å². The van der Waals surface area contributed by atoms with Crippen molar-refractivity contribution in [3.63, 3.8) is 0 Å². The fourth-order valence-corrected chi connectivity index (χ4v) is 3.67. The topological polar surface area (TPSA) is 40.6 Å². The molecule has 0 aliphatic carbocycles. The van der Waals surface area contributed by atoms with E-state index in [9.17, 15) is 12.8 Å². The molecule has 0 saturated carbocycles. The van der Waals surface area contributed by atoms with Gasteiger partial charge in [-0.3, -0.25) is 0 Å². The van der Waals surface area contributed by atoms with Gasteiger partial charge in [-0.15, -0.1) is 0 Å². The van der Waals surface area contributed by atoms with E-state index in [-0.39, 0.29) is 15.3 Å². The molecule has 21 heavy (non-hydrogen) atoms. The number of hydrogen-bond donors (Lipinski definition) is 0. The second-order valence-electron chi connectivity index (χ2n) is 5.64. The molecule has 1 rings (SSSR count). The van der Waals surface area contributed by atoms with Crippen LogP contribution in [0.25, 0.3) is 0 Å². The Balaban J connectivity index is 3.09. The molecule has 0 radical (unpaired) electrons. The molecule has 1 aromatic rings. The van der Waals surface area contributed by atoms with Crippen molar-refractivity contribution in [3.05, 3.63) is 28.5 Å². The predicted molar refractivity (Wildman–Crippen MR) is 86.3 cm³/mol. The van der Waals surface area contributed by atoms with Gasteiger partial charge in [0, 0.05) is 19.6 Å². The number of sulfonamides is 1. The van der Waals surface area contributed by atoms with Gasteiger partial charge >= 0.3 is 0 Å². The van der Waals surface area contributed by atoms with Crippen LogP contribution < -0.4 is 0 Å². The van der Waals surface area contributed by atoms with Crippen molar-refractivity contribution in [1.82, 2.24) is 9.21 Å². The summed E-state index contributed by atoms with van der Waals surface area (Å²) in [6.07, 6.45) is 0. The van der Waals surface area contributed by atoms with Gasteiger partial charge in [0.15, 0.2) is 0 Å². The number of rotatable bonds is 7. The summed E-state index contributed by atoms with van der Waals surface area (Å²) in [5, 5.41) is 0. The Morgan fingerprint density at radius 1 is 1.24 bits per heavy atom. The average Bonchev–Trinajstić information content (AvgIpc) is 2.36. The molecule has 7 heteroatoms. The monoisotopic (exact) mass is 380 g/mol. The first-order chi connectivity index (χ1) is 9.64. The van der Waals surface area contributed by atoms with E-state index in [4.69, 9.17) is 0 Å². The van der Waals surface area contributed by atoms with Crippen LogP contribution in [0.1, 0.15) is 13.8 Å². The second kappa shape index (κ2) is 7.67. The zero-order chi connectivity index (χ0) is 16.2. The molecule has 0 fully saturated rings. The largest absolute Gasteiger partial charge is 0.308 e. The summed E-state index contributed by atoms with van der Waals surface area (Å²) >= 11 is 3.03. The molecule has 0 atom stereocenters. The van der Waals surface area contributed by atoms with Gasteiger partial charge in [0.1, 0.15) is 5.82 Å². The average molecular weight is 381 g/mol. The standard InChI is InChI=1S/C14H22BrFN2O2S/c1-11(2)10-18(8-7-17(3)4)21(19,20)12-5-6-13(15)14(16)9-12/h5-6,9,11H,7-8,10H2,1-4H3. The van der Waals surface area contributed by atoms with Gasteiger partial charge in [-0.1, -0.05) is 13.8 Å². The summed E-state index contributed by atoms with van der Waals surface area (Å²) in [5.41, 5.74) is 0. The first kappa shape index (κ1) is 18.5. The first-order valence-corrected chi connectivity index (χ1v) is 8.98. The summed E-state index contributed by atoms with van der Waals surface area (Å²) in [4.78, 5) is 1.91. The van der Waals surface area contributed by atoms with E-state index in [0.717, 1.165) is 6.07 Å². The number of nitrogens with zero attached hydrogens (tertiary/aromatic N) is 2. The minimum absolute atomic E-state index is 0.0115. The van der Waals surface area contributed by atoms with Gasteiger partial charge in [0.2, 0.25) is 10.0 Å². The molecular formula is C14H22BrFN2O2S. The Kier molecular flexibility index (Phi) is 6.77. The maximum absolute atomic E-state index is 13.6. The van der Waals surface area contributed by atoms with Crippen LogP contribution in [-0.2, 0) is 10.0 Å². The molecule has 0 aliphatic heterocycles. The molecule has 1 aromatic carbocycles. The Morgan fingerprint density at radius 2 is 1.86 bits per heavy atom. The summed E-state index contributed by atoms with van der Waals surface area (Å²) in [7, 11) is 0.0915. The molecule has 0 amide bonds. The lowest BCUT2D eigenvalue weighted by Gasteiger charge is -2.25. The maximum Gasteiger partial charge on any atom is 0.243 e. The molecule has 0 spiro atoms. The van der Waals surface area contributed by atoms with Crippen LogP contribution in [0.2, 0.25) is 0 Å². The Labute approximate surface area is 135 Å². The molecular weight excluding hydrogens is 359 g/mol. The number of benzene rings is 1.